The number of aryl methyl sites for hydroxylation is 2. The zero-order valence-electron chi connectivity index (χ0n) is 16.3. The lowest BCUT2D eigenvalue weighted by atomic mass is 9.98. The number of halogens is 1. The van der Waals surface area contributed by atoms with Gasteiger partial charge >= 0.3 is 5.97 Å². The highest BCUT2D eigenvalue weighted by Crippen LogP contribution is 2.28. The predicted octanol–water partition coefficient (Wildman–Crippen LogP) is 5.11. The molecule has 28 heavy (non-hydrogen) atoms. The van der Waals surface area contributed by atoms with Crippen molar-refractivity contribution in [2.24, 2.45) is 0 Å². The van der Waals surface area contributed by atoms with Gasteiger partial charge in [-0.05, 0) is 49.1 Å². The number of rotatable bonds is 5. The second-order valence-corrected chi connectivity index (χ2v) is 7.01. The molecular weight excluding hydrogens is 361 g/mol. The normalized spacial score (nSPS) is 11.1. The Bertz CT molecular complexity index is 1050. The van der Waals surface area contributed by atoms with Crippen LogP contribution >= 0.6 is 0 Å². The van der Waals surface area contributed by atoms with Crippen LogP contribution in [0, 0.1) is 19.7 Å². The van der Waals surface area contributed by atoms with Crippen LogP contribution < -0.4 is 5.32 Å². The molecule has 1 N–H and O–H groups in total. The van der Waals surface area contributed by atoms with E-state index in [0.717, 1.165) is 16.8 Å². The molecule has 0 spiro atoms. The molecule has 0 bridgehead atoms. The third-order valence-corrected chi connectivity index (χ3v) is 4.61. The molecule has 2 aromatic carbocycles. The maximum atomic E-state index is 13.4. The van der Waals surface area contributed by atoms with E-state index in [1.54, 1.807) is 6.92 Å². The van der Waals surface area contributed by atoms with Crippen LogP contribution in [-0.2, 0) is 9.53 Å². The fraction of sp³-hybridized carbons (Fsp3) is 0.273. The summed E-state index contributed by atoms with van der Waals surface area (Å²) in [5.41, 5.74) is 3.53. The highest BCUT2D eigenvalue weighted by molar-refractivity contribution is 5.98. The summed E-state index contributed by atoms with van der Waals surface area (Å²) in [5.74, 6) is -1.43. The lowest BCUT2D eigenvalue weighted by molar-refractivity contribution is -0.119. The molecule has 1 aromatic heterocycles. The minimum absolute atomic E-state index is 0.0350. The SMILES string of the molecule is Cc1cccc(C(C)C)c1NC(=O)COC(=O)c1oc2ccc(F)cc2c1C. The Kier molecular flexibility index (Phi) is 5.49. The van der Waals surface area contributed by atoms with Crippen molar-refractivity contribution in [1.29, 1.82) is 0 Å². The van der Waals surface area contributed by atoms with E-state index < -0.39 is 24.3 Å². The summed E-state index contributed by atoms with van der Waals surface area (Å²) in [6.45, 7) is 7.18. The van der Waals surface area contributed by atoms with Gasteiger partial charge in [0.2, 0.25) is 5.76 Å². The van der Waals surface area contributed by atoms with Crippen molar-refractivity contribution in [1.82, 2.24) is 0 Å². The van der Waals surface area contributed by atoms with Gasteiger partial charge in [-0.2, -0.15) is 0 Å². The molecule has 1 heterocycles. The second-order valence-electron chi connectivity index (χ2n) is 7.01. The van der Waals surface area contributed by atoms with Crippen LogP contribution in [0.25, 0.3) is 11.0 Å². The highest BCUT2D eigenvalue weighted by atomic mass is 19.1. The number of carbonyl (C=O) groups is 2. The molecule has 0 saturated carbocycles. The minimum Gasteiger partial charge on any atom is -0.450 e. The van der Waals surface area contributed by atoms with Crippen molar-refractivity contribution in [2.45, 2.75) is 33.6 Å². The third-order valence-electron chi connectivity index (χ3n) is 4.61. The molecule has 5 nitrogen and oxygen atoms in total. The first-order valence-electron chi connectivity index (χ1n) is 9.03. The summed E-state index contributed by atoms with van der Waals surface area (Å²) < 4.78 is 24.0. The number of benzene rings is 2. The maximum absolute atomic E-state index is 13.4. The number of nitrogens with one attached hydrogen (secondary N) is 1. The molecule has 6 heteroatoms. The van der Waals surface area contributed by atoms with Crippen molar-refractivity contribution < 1.29 is 23.1 Å². The van der Waals surface area contributed by atoms with Crippen molar-refractivity contribution in [3.8, 4) is 0 Å². The van der Waals surface area contributed by atoms with Crippen molar-refractivity contribution >= 4 is 28.5 Å². The van der Waals surface area contributed by atoms with E-state index in [-0.39, 0.29) is 11.7 Å². The van der Waals surface area contributed by atoms with Crippen LogP contribution in [0.4, 0.5) is 10.1 Å². The number of amides is 1. The van der Waals surface area contributed by atoms with Gasteiger partial charge in [-0.3, -0.25) is 4.79 Å². The first-order valence-corrected chi connectivity index (χ1v) is 9.03. The van der Waals surface area contributed by atoms with Gasteiger partial charge in [0, 0.05) is 16.6 Å². The zero-order valence-corrected chi connectivity index (χ0v) is 16.3. The number of esters is 1. The van der Waals surface area contributed by atoms with Gasteiger partial charge in [0.25, 0.3) is 5.91 Å². The van der Waals surface area contributed by atoms with Crippen LogP contribution in [0.2, 0.25) is 0 Å². The molecule has 0 fully saturated rings. The Morgan fingerprint density at radius 1 is 1.18 bits per heavy atom. The fourth-order valence-electron chi connectivity index (χ4n) is 3.10. The second kappa shape index (κ2) is 7.84. The number of fused-ring (bicyclic) bond motifs is 1. The number of hydrogen-bond donors (Lipinski definition) is 1. The molecule has 0 aliphatic carbocycles. The monoisotopic (exact) mass is 383 g/mol. The minimum atomic E-state index is -0.766. The number of furan rings is 1. The number of para-hydroxylation sites is 1. The topological polar surface area (TPSA) is 68.5 Å². The molecule has 0 aliphatic rings. The van der Waals surface area contributed by atoms with E-state index >= 15 is 0 Å². The van der Waals surface area contributed by atoms with E-state index in [1.807, 2.05) is 39.0 Å². The summed E-state index contributed by atoms with van der Waals surface area (Å²) >= 11 is 0. The van der Waals surface area contributed by atoms with Gasteiger partial charge in [0.1, 0.15) is 11.4 Å². The number of hydrogen-bond acceptors (Lipinski definition) is 4. The molecule has 0 aliphatic heterocycles. The molecule has 3 aromatic rings. The van der Waals surface area contributed by atoms with Crippen LogP contribution in [0.5, 0.6) is 0 Å². The van der Waals surface area contributed by atoms with Gasteiger partial charge in [-0.25, -0.2) is 9.18 Å². The lowest BCUT2D eigenvalue weighted by Gasteiger charge is -2.16. The quantitative estimate of drug-likeness (QED) is 0.622. The highest BCUT2D eigenvalue weighted by Gasteiger charge is 2.21. The summed E-state index contributed by atoms with van der Waals surface area (Å²) in [4.78, 5) is 24.6. The van der Waals surface area contributed by atoms with E-state index in [1.165, 1.54) is 18.2 Å². The summed E-state index contributed by atoms with van der Waals surface area (Å²) in [7, 11) is 0. The van der Waals surface area contributed by atoms with Crippen molar-refractivity contribution in [3.05, 3.63) is 64.7 Å². The Hall–Kier alpha value is -3.15. The van der Waals surface area contributed by atoms with Gasteiger partial charge in [0.05, 0.1) is 0 Å². The number of carbonyl (C=O) groups excluding carboxylic acids is 2. The van der Waals surface area contributed by atoms with E-state index in [9.17, 15) is 14.0 Å². The average Bonchev–Trinajstić information content (AvgIpc) is 2.97. The molecular formula is C22H22FNO4. The smallest absolute Gasteiger partial charge is 0.375 e. The van der Waals surface area contributed by atoms with E-state index in [4.69, 9.17) is 9.15 Å². The van der Waals surface area contributed by atoms with E-state index in [2.05, 4.69) is 5.32 Å². The molecule has 0 unspecified atom stereocenters. The fourth-order valence-corrected chi connectivity index (χ4v) is 3.10. The Labute approximate surface area is 162 Å². The third kappa shape index (κ3) is 3.91. The first kappa shape index (κ1) is 19.6. The van der Waals surface area contributed by atoms with Crippen molar-refractivity contribution in [3.63, 3.8) is 0 Å². The molecule has 0 atom stereocenters. The van der Waals surface area contributed by atoms with E-state index in [0.29, 0.717) is 16.5 Å². The Morgan fingerprint density at radius 3 is 2.64 bits per heavy atom. The van der Waals surface area contributed by atoms with Crippen LogP contribution in [-0.4, -0.2) is 18.5 Å². The Morgan fingerprint density at radius 2 is 1.93 bits per heavy atom. The molecule has 3 rings (SSSR count). The average molecular weight is 383 g/mol. The zero-order chi connectivity index (χ0) is 20.4. The molecule has 146 valence electrons. The molecule has 1 amide bonds. The molecule has 0 saturated heterocycles. The van der Waals surface area contributed by atoms with Crippen LogP contribution in [0.1, 0.15) is 47.0 Å². The van der Waals surface area contributed by atoms with Gasteiger partial charge in [-0.1, -0.05) is 32.0 Å². The summed E-state index contributed by atoms with van der Waals surface area (Å²) in [6.07, 6.45) is 0. The standard InChI is InChI=1S/C22H22FNO4/c1-12(2)16-7-5-6-13(3)20(16)24-19(25)11-27-22(26)21-14(4)17-10-15(23)8-9-18(17)28-21/h5-10,12H,11H2,1-4H3,(H,24,25). The first-order chi connectivity index (χ1) is 13.3. The van der Waals surface area contributed by atoms with Crippen molar-refractivity contribution in [2.75, 3.05) is 11.9 Å². The molecule has 0 radical (unpaired) electrons. The lowest BCUT2D eigenvalue weighted by Crippen LogP contribution is -2.22. The van der Waals surface area contributed by atoms with Gasteiger partial charge in [-0.15, -0.1) is 0 Å². The van der Waals surface area contributed by atoms with Crippen LogP contribution in [0.15, 0.2) is 40.8 Å². The maximum Gasteiger partial charge on any atom is 0.375 e. The summed E-state index contributed by atoms with van der Waals surface area (Å²) in [6, 6.07) is 9.80. The van der Waals surface area contributed by atoms with Gasteiger partial charge < -0.3 is 14.5 Å². The largest absolute Gasteiger partial charge is 0.450 e. The predicted molar refractivity (Wildman–Crippen MR) is 105 cm³/mol. The van der Waals surface area contributed by atoms with Gasteiger partial charge in [0.15, 0.2) is 6.61 Å². The summed E-state index contributed by atoms with van der Waals surface area (Å²) in [5, 5.41) is 3.32. The Balaban J connectivity index is 1.70. The number of ether oxygens (including phenoxy) is 1. The number of anilines is 1. The van der Waals surface area contributed by atoms with Crippen LogP contribution in [0.3, 0.4) is 0 Å².